The van der Waals surface area contributed by atoms with Gasteiger partial charge in [-0.2, -0.15) is 0 Å². The van der Waals surface area contributed by atoms with Crippen molar-refractivity contribution in [1.29, 1.82) is 0 Å². The molecule has 3 rings (SSSR count). The number of amides is 2. The molecule has 2 heterocycles. The van der Waals surface area contributed by atoms with Crippen LogP contribution in [0.3, 0.4) is 0 Å². The molecule has 5 heteroatoms. The van der Waals surface area contributed by atoms with Gasteiger partial charge in [0.05, 0.1) is 0 Å². The molecule has 0 bridgehead atoms. The van der Waals surface area contributed by atoms with E-state index in [4.69, 9.17) is 0 Å². The molecule has 1 atom stereocenters. The number of halogens is 1. The van der Waals surface area contributed by atoms with Crippen molar-refractivity contribution in [3.8, 4) is 0 Å². The molecule has 2 aliphatic rings. The van der Waals surface area contributed by atoms with Crippen LogP contribution in [-0.2, 0) is 0 Å². The minimum absolute atomic E-state index is 0.00528. The van der Waals surface area contributed by atoms with E-state index in [2.05, 4.69) is 5.32 Å². The molecule has 1 aromatic rings. The van der Waals surface area contributed by atoms with Crippen LogP contribution in [0.15, 0.2) is 24.3 Å². The zero-order chi connectivity index (χ0) is 12.5. The first kappa shape index (κ1) is 11.5. The van der Waals surface area contributed by atoms with E-state index in [1.54, 1.807) is 17.0 Å². The van der Waals surface area contributed by atoms with Crippen molar-refractivity contribution in [1.82, 2.24) is 10.2 Å². The average Bonchev–Trinajstić information content (AvgIpc) is 2.97. The van der Waals surface area contributed by atoms with Crippen LogP contribution in [-0.4, -0.2) is 43.2 Å². The molecule has 0 saturated carbocycles. The number of hydrogen-bond acceptors (Lipinski definition) is 2. The SMILES string of the molecule is O=C1N(c2cccc(F)c2)CCN1C1CCNC1. The van der Waals surface area contributed by atoms with Gasteiger partial charge >= 0.3 is 6.03 Å². The highest BCUT2D eigenvalue weighted by Crippen LogP contribution is 2.23. The molecular weight excluding hydrogens is 233 g/mol. The van der Waals surface area contributed by atoms with E-state index in [1.807, 2.05) is 4.90 Å². The van der Waals surface area contributed by atoms with Gasteiger partial charge < -0.3 is 10.2 Å². The molecule has 0 spiro atoms. The second kappa shape index (κ2) is 4.57. The topological polar surface area (TPSA) is 35.6 Å². The van der Waals surface area contributed by atoms with Gasteiger partial charge in [0.25, 0.3) is 0 Å². The summed E-state index contributed by atoms with van der Waals surface area (Å²) in [7, 11) is 0. The number of nitrogens with one attached hydrogen (secondary N) is 1. The Morgan fingerprint density at radius 1 is 1.33 bits per heavy atom. The second-order valence-corrected chi connectivity index (χ2v) is 4.75. The molecule has 18 heavy (non-hydrogen) atoms. The van der Waals surface area contributed by atoms with Gasteiger partial charge in [-0.3, -0.25) is 4.90 Å². The van der Waals surface area contributed by atoms with Crippen LogP contribution in [0.5, 0.6) is 0 Å². The standard InChI is InChI=1S/C13H16FN3O/c14-10-2-1-3-11(8-10)16-6-7-17(13(16)18)12-4-5-15-9-12/h1-3,8,12,15H,4-7,9H2. The lowest BCUT2D eigenvalue weighted by Gasteiger charge is -2.23. The minimum Gasteiger partial charge on any atom is -0.318 e. The van der Waals surface area contributed by atoms with E-state index >= 15 is 0 Å². The highest BCUT2D eigenvalue weighted by Gasteiger charge is 2.35. The molecule has 2 aliphatic heterocycles. The fourth-order valence-electron chi connectivity index (χ4n) is 2.68. The number of carbonyl (C=O) groups is 1. The summed E-state index contributed by atoms with van der Waals surface area (Å²) in [4.78, 5) is 15.9. The van der Waals surface area contributed by atoms with E-state index in [9.17, 15) is 9.18 Å². The normalized spacial score (nSPS) is 24.1. The molecule has 96 valence electrons. The van der Waals surface area contributed by atoms with Gasteiger partial charge in [-0.1, -0.05) is 6.07 Å². The zero-order valence-corrected chi connectivity index (χ0v) is 10.1. The van der Waals surface area contributed by atoms with Gasteiger partial charge in [-0.05, 0) is 31.2 Å². The number of carbonyl (C=O) groups excluding carboxylic acids is 1. The third kappa shape index (κ3) is 1.95. The van der Waals surface area contributed by atoms with Gasteiger partial charge in [-0.25, -0.2) is 9.18 Å². The number of urea groups is 1. The van der Waals surface area contributed by atoms with Crippen molar-refractivity contribution in [2.45, 2.75) is 12.5 Å². The van der Waals surface area contributed by atoms with E-state index in [0.29, 0.717) is 12.2 Å². The summed E-state index contributed by atoms with van der Waals surface area (Å²) >= 11 is 0. The van der Waals surface area contributed by atoms with Crippen molar-refractivity contribution in [2.75, 3.05) is 31.1 Å². The maximum absolute atomic E-state index is 13.2. The van der Waals surface area contributed by atoms with Crippen molar-refractivity contribution in [3.63, 3.8) is 0 Å². The Hall–Kier alpha value is -1.62. The molecule has 0 aliphatic carbocycles. The molecule has 1 aromatic carbocycles. The largest absolute Gasteiger partial charge is 0.324 e. The Balaban J connectivity index is 1.77. The molecule has 2 fully saturated rings. The predicted octanol–water partition coefficient (Wildman–Crippen LogP) is 1.43. The molecule has 2 amide bonds. The number of nitrogens with zero attached hydrogens (tertiary/aromatic N) is 2. The number of benzene rings is 1. The van der Waals surface area contributed by atoms with Gasteiger partial charge in [0, 0.05) is 31.4 Å². The van der Waals surface area contributed by atoms with Crippen molar-refractivity contribution >= 4 is 11.7 Å². The Labute approximate surface area is 105 Å². The Bertz CT molecular complexity index is 459. The van der Waals surface area contributed by atoms with Crippen LogP contribution < -0.4 is 10.2 Å². The summed E-state index contributed by atoms with van der Waals surface area (Å²) in [5.74, 6) is -0.304. The third-order valence-corrected chi connectivity index (χ3v) is 3.64. The first-order valence-corrected chi connectivity index (χ1v) is 6.30. The van der Waals surface area contributed by atoms with E-state index in [0.717, 1.165) is 26.1 Å². The van der Waals surface area contributed by atoms with Crippen LogP contribution in [0.25, 0.3) is 0 Å². The van der Waals surface area contributed by atoms with Gasteiger partial charge in [0.2, 0.25) is 0 Å². The Kier molecular flexibility index (Phi) is 2.91. The van der Waals surface area contributed by atoms with Crippen LogP contribution in [0.4, 0.5) is 14.9 Å². The Morgan fingerprint density at radius 3 is 2.94 bits per heavy atom. The molecule has 2 saturated heterocycles. The monoisotopic (exact) mass is 249 g/mol. The lowest BCUT2D eigenvalue weighted by atomic mass is 10.2. The second-order valence-electron chi connectivity index (χ2n) is 4.75. The maximum atomic E-state index is 13.2. The van der Waals surface area contributed by atoms with Crippen LogP contribution in [0, 0.1) is 5.82 Å². The lowest BCUT2D eigenvalue weighted by molar-refractivity contribution is 0.205. The number of hydrogen-bond donors (Lipinski definition) is 1. The van der Waals surface area contributed by atoms with Gasteiger partial charge in [0.1, 0.15) is 5.82 Å². The first-order valence-electron chi connectivity index (χ1n) is 6.30. The summed E-state index contributed by atoms with van der Waals surface area (Å²) in [5, 5.41) is 3.26. The molecule has 4 nitrogen and oxygen atoms in total. The highest BCUT2D eigenvalue weighted by atomic mass is 19.1. The van der Waals surface area contributed by atoms with Crippen molar-refractivity contribution in [2.24, 2.45) is 0 Å². The number of rotatable bonds is 2. The molecule has 1 unspecified atom stereocenters. The summed E-state index contributed by atoms with van der Waals surface area (Å²) in [6, 6.07) is 6.50. The zero-order valence-electron chi connectivity index (χ0n) is 10.1. The summed E-state index contributed by atoms with van der Waals surface area (Å²) in [6.45, 7) is 3.19. The summed E-state index contributed by atoms with van der Waals surface area (Å²) in [6.07, 6.45) is 1.00. The van der Waals surface area contributed by atoms with E-state index in [1.165, 1.54) is 12.1 Å². The van der Waals surface area contributed by atoms with Crippen LogP contribution >= 0.6 is 0 Å². The molecular formula is C13H16FN3O. The minimum atomic E-state index is -0.304. The molecule has 0 aromatic heterocycles. The average molecular weight is 249 g/mol. The Morgan fingerprint density at radius 2 is 2.22 bits per heavy atom. The predicted molar refractivity (Wildman–Crippen MR) is 67.1 cm³/mol. The smallest absolute Gasteiger partial charge is 0.318 e. The summed E-state index contributed by atoms with van der Waals surface area (Å²) in [5.41, 5.74) is 0.647. The van der Waals surface area contributed by atoms with Gasteiger partial charge in [-0.15, -0.1) is 0 Å². The van der Waals surface area contributed by atoms with E-state index < -0.39 is 0 Å². The molecule has 1 N–H and O–H groups in total. The fraction of sp³-hybridized carbons (Fsp3) is 0.462. The fourth-order valence-corrected chi connectivity index (χ4v) is 2.68. The van der Waals surface area contributed by atoms with Crippen LogP contribution in [0.2, 0.25) is 0 Å². The third-order valence-electron chi connectivity index (χ3n) is 3.64. The summed E-state index contributed by atoms with van der Waals surface area (Å²) < 4.78 is 13.2. The highest BCUT2D eigenvalue weighted by molar-refractivity contribution is 5.94. The quantitative estimate of drug-likeness (QED) is 0.860. The van der Waals surface area contributed by atoms with Crippen LogP contribution in [0.1, 0.15) is 6.42 Å². The lowest BCUT2D eigenvalue weighted by Crippen LogP contribution is -2.40. The number of anilines is 1. The first-order chi connectivity index (χ1) is 8.75. The van der Waals surface area contributed by atoms with Crippen molar-refractivity contribution in [3.05, 3.63) is 30.1 Å². The van der Waals surface area contributed by atoms with Crippen molar-refractivity contribution < 1.29 is 9.18 Å². The maximum Gasteiger partial charge on any atom is 0.324 e. The van der Waals surface area contributed by atoms with E-state index in [-0.39, 0.29) is 17.9 Å². The molecule has 0 radical (unpaired) electrons. The van der Waals surface area contributed by atoms with Gasteiger partial charge in [0.15, 0.2) is 0 Å².